The number of benzene rings is 2. The fraction of sp³-hybridized carbons (Fsp3) is 0.444. The summed E-state index contributed by atoms with van der Waals surface area (Å²) in [7, 11) is 0. The van der Waals surface area contributed by atoms with Crippen molar-refractivity contribution in [2.75, 3.05) is 6.54 Å². The van der Waals surface area contributed by atoms with Crippen molar-refractivity contribution in [1.29, 1.82) is 0 Å². The summed E-state index contributed by atoms with van der Waals surface area (Å²) in [6.07, 6.45) is 7.01. The molecule has 1 heterocycles. The van der Waals surface area contributed by atoms with Gasteiger partial charge >= 0.3 is 0 Å². The molecule has 0 spiro atoms. The Labute approximate surface area is 194 Å². The van der Waals surface area contributed by atoms with Gasteiger partial charge in [-0.2, -0.15) is 0 Å². The van der Waals surface area contributed by atoms with Gasteiger partial charge in [0.15, 0.2) is 0 Å². The zero-order valence-corrected chi connectivity index (χ0v) is 19.5. The average molecular weight is 450 g/mol. The molecule has 0 aliphatic heterocycles. The quantitative estimate of drug-likeness (QED) is 0.437. The molecule has 1 atom stereocenters. The fourth-order valence-electron chi connectivity index (χ4n) is 5.10. The number of fused-ring (bicyclic) bond motifs is 1. The van der Waals surface area contributed by atoms with E-state index in [0.29, 0.717) is 47.7 Å². The topological polar surface area (TPSA) is 55.2 Å². The lowest BCUT2D eigenvalue weighted by Gasteiger charge is -2.32. The van der Waals surface area contributed by atoms with Crippen LogP contribution in [0.5, 0.6) is 0 Å². The van der Waals surface area contributed by atoms with E-state index in [-0.39, 0.29) is 23.3 Å². The van der Waals surface area contributed by atoms with Crippen LogP contribution in [0.2, 0.25) is 0 Å². The monoisotopic (exact) mass is 449 g/mol. The minimum absolute atomic E-state index is 0.101. The third kappa shape index (κ3) is 4.85. The molecule has 6 heteroatoms. The van der Waals surface area contributed by atoms with Gasteiger partial charge in [-0.3, -0.25) is 14.2 Å². The summed E-state index contributed by atoms with van der Waals surface area (Å²) in [5.41, 5.74) is 0.932. The molecule has 3 aromatic rings. The Hall–Kier alpha value is -3.02. The van der Waals surface area contributed by atoms with Gasteiger partial charge in [0.1, 0.15) is 11.6 Å². The predicted octanol–water partition coefficient (Wildman–Crippen LogP) is 5.79. The van der Waals surface area contributed by atoms with Crippen molar-refractivity contribution in [2.24, 2.45) is 5.92 Å². The highest BCUT2D eigenvalue weighted by Gasteiger charge is 2.28. The maximum absolute atomic E-state index is 13.6. The van der Waals surface area contributed by atoms with Gasteiger partial charge in [0.2, 0.25) is 5.91 Å². The molecular weight excluding hydrogens is 417 g/mol. The van der Waals surface area contributed by atoms with Crippen molar-refractivity contribution in [3.05, 3.63) is 70.5 Å². The fourth-order valence-corrected chi connectivity index (χ4v) is 5.10. The Morgan fingerprint density at radius 3 is 2.48 bits per heavy atom. The first kappa shape index (κ1) is 23.1. The third-order valence-corrected chi connectivity index (χ3v) is 6.85. The molecule has 1 aliphatic carbocycles. The van der Waals surface area contributed by atoms with Crippen molar-refractivity contribution in [2.45, 2.75) is 64.8 Å². The van der Waals surface area contributed by atoms with E-state index in [1.165, 1.54) is 37.8 Å². The zero-order chi connectivity index (χ0) is 23.4. The van der Waals surface area contributed by atoms with Gasteiger partial charge in [0.05, 0.1) is 22.6 Å². The highest BCUT2D eigenvalue weighted by molar-refractivity contribution is 5.79. The van der Waals surface area contributed by atoms with E-state index in [4.69, 9.17) is 4.98 Å². The SMILES string of the molecule is CCC(c1nc2ccccc2c(=O)n1-c1ccc(F)cc1)N(CC)C(=O)CCC1CCCC1. The number of hydrogen-bond donors (Lipinski definition) is 0. The van der Waals surface area contributed by atoms with Gasteiger partial charge in [-0.25, -0.2) is 9.37 Å². The Kier molecular flexibility index (Phi) is 7.21. The van der Waals surface area contributed by atoms with Gasteiger partial charge in [-0.15, -0.1) is 0 Å². The van der Waals surface area contributed by atoms with Crippen LogP contribution in [0.25, 0.3) is 16.6 Å². The van der Waals surface area contributed by atoms with E-state index >= 15 is 0 Å². The van der Waals surface area contributed by atoms with Crippen LogP contribution < -0.4 is 5.56 Å². The third-order valence-electron chi connectivity index (χ3n) is 6.85. The number of carbonyl (C=O) groups is 1. The summed E-state index contributed by atoms with van der Waals surface area (Å²) in [5.74, 6) is 0.892. The number of aromatic nitrogens is 2. The zero-order valence-electron chi connectivity index (χ0n) is 19.5. The van der Waals surface area contributed by atoms with Crippen molar-refractivity contribution < 1.29 is 9.18 Å². The van der Waals surface area contributed by atoms with Crippen molar-refractivity contribution >= 4 is 16.8 Å². The van der Waals surface area contributed by atoms with E-state index < -0.39 is 0 Å². The van der Waals surface area contributed by atoms with E-state index in [0.717, 1.165) is 6.42 Å². The Morgan fingerprint density at radius 1 is 1.12 bits per heavy atom. The summed E-state index contributed by atoms with van der Waals surface area (Å²) in [6.45, 7) is 4.51. The molecule has 2 aromatic carbocycles. The number of rotatable bonds is 8. The van der Waals surface area contributed by atoms with Crippen molar-refractivity contribution in [3.63, 3.8) is 0 Å². The maximum Gasteiger partial charge on any atom is 0.266 e. The van der Waals surface area contributed by atoms with Gasteiger partial charge in [0, 0.05) is 13.0 Å². The number of nitrogens with zero attached hydrogens (tertiary/aromatic N) is 3. The minimum Gasteiger partial charge on any atom is -0.333 e. The largest absolute Gasteiger partial charge is 0.333 e. The molecule has 1 amide bonds. The molecule has 33 heavy (non-hydrogen) atoms. The van der Waals surface area contributed by atoms with Crippen LogP contribution in [0.4, 0.5) is 4.39 Å². The minimum atomic E-state index is -0.369. The number of hydrogen-bond acceptors (Lipinski definition) is 3. The summed E-state index contributed by atoms with van der Waals surface area (Å²) < 4.78 is 15.2. The lowest BCUT2D eigenvalue weighted by atomic mass is 10.0. The molecular formula is C27H32FN3O2. The summed E-state index contributed by atoms with van der Waals surface area (Å²) in [5, 5.41) is 0.496. The van der Waals surface area contributed by atoms with Gasteiger partial charge in [0.25, 0.3) is 5.56 Å². The van der Waals surface area contributed by atoms with Crippen LogP contribution >= 0.6 is 0 Å². The number of halogens is 1. The molecule has 5 nitrogen and oxygen atoms in total. The number of para-hydroxylation sites is 1. The second-order valence-electron chi connectivity index (χ2n) is 8.90. The molecule has 1 saturated carbocycles. The Balaban J connectivity index is 1.77. The molecule has 174 valence electrons. The molecule has 1 unspecified atom stereocenters. The van der Waals surface area contributed by atoms with Gasteiger partial charge in [-0.05, 0) is 62.1 Å². The summed E-state index contributed by atoms with van der Waals surface area (Å²) >= 11 is 0. The van der Waals surface area contributed by atoms with Crippen molar-refractivity contribution in [1.82, 2.24) is 14.5 Å². The van der Waals surface area contributed by atoms with E-state index in [1.807, 2.05) is 36.9 Å². The molecule has 0 radical (unpaired) electrons. The molecule has 1 fully saturated rings. The van der Waals surface area contributed by atoms with Crippen LogP contribution in [0.3, 0.4) is 0 Å². The lowest BCUT2D eigenvalue weighted by Crippen LogP contribution is -2.38. The second kappa shape index (κ2) is 10.3. The molecule has 4 rings (SSSR count). The van der Waals surface area contributed by atoms with Crippen molar-refractivity contribution in [3.8, 4) is 5.69 Å². The highest BCUT2D eigenvalue weighted by atomic mass is 19.1. The van der Waals surface area contributed by atoms with E-state index in [1.54, 1.807) is 22.8 Å². The summed E-state index contributed by atoms with van der Waals surface area (Å²) in [4.78, 5) is 33.6. The predicted molar refractivity (Wildman–Crippen MR) is 129 cm³/mol. The molecule has 0 bridgehead atoms. The smallest absolute Gasteiger partial charge is 0.266 e. The van der Waals surface area contributed by atoms with Crippen LogP contribution in [0.15, 0.2) is 53.3 Å². The van der Waals surface area contributed by atoms with Gasteiger partial charge < -0.3 is 4.90 Å². The second-order valence-corrected chi connectivity index (χ2v) is 8.90. The summed E-state index contributed by atoms with van der Waals surface area (Å²) in [6, 6.07) is 12.7. The lowest BCUT2D eigenvalue weighted by molar-refractivity contribution is -0.134. The van der Waals surface area contributed by atoms with Crippen LogP contribution in [0, 0.1) is 11.7 Å². The Bertz CT molecular complexity index is 1170. The number of amides is 1. The van der Waals surface area contributed by atoms with E-state index in [2.05, 4.69) is 0 Å². The molecule has 0 saturated heterocycles. The first-order valence-electron chi connectivity index (χ1n) is 12.1. The maximum atomic E-state index is 13.6. The standard InChI is InChI=1S/C27H32FN3O2/c1-3-24(30(4-2)25(32)18-13-19-9-5-6-10-19)26-29-23-12-8-7-11-22(23)27(33)31(26)21-16-14-20(28)15-17-21/h7-8,11-12,14-17,19,24H,3-6,9-10,13,18H2,1-2H3. The normalized spacial score (nSPS) is 15.1. The van der Waals surface area contributed by atoms with Crippen LogP contribution in [-0.4, -0.2) is 26.9 Å². The molecule has 0 N–H and O–H groups in total. The molecule has 1 aliphatic rings. The number of carbonyl (C=O) groups excluding carboxylic acids is 1. The van der Waals surface area contributed by atoms with Crippen LogP contribution in [0.1, 0.15) is 70.7 Å². The molecule has 1 aromatic heterocycles. The first-order valence-corrected chi connectivity index (χ1v) is 12.1. The Morgan fingerprint density at radius 2 is 1.82 bits per heavy atom. The van der Waals surface area contributed by atoms with Crippen LogP contribution in [-0.2, 0) is 4.79 Å². The average Bonchev–Trinajstić information content (AvgIpc) is 3.35. The highest BCUT2D eigenvalue weighted by Crippen LogP contribution is 2.31. The first-order chi connectivity index (χ1) is 16.0. The van der Waals surface area contributed by atoms with E-state index in [9.17, 15) is 14.0 Å². The van der Waals surface area contributed by atoms with Gasteiger partial charge in [-0.1, -0.05) is 44.7 Å².